The number of nitrogens with two attached hydrogens (primary N) is 1. The topological polar surface area (TPSA) is 116 Å². The summed E-state index contributed by atoms with van der Waals surface area (Å²) in [7, 11) is 0. The number of carbonyl (C=O) groups excluding carboxylic acids is 4. The number of carbonyl (C=O) groups is 4. The maximum Gasteiger partial charge on any atom is 0.306 e. The summed E-state index contributed by atoms with van der Waals surface area (Å²) in [5.74, 6) is -2.01. The third kappa shape index (κ3) is 5.24. The highest BCUT2D eigenvalue weighted by atomic mass is 32.1. The molecule has 0 unspecified atom stereocenters. The summed E-state index contributed by atoms with van der Waals surface area (Å²) < 4.78 is 4.86. The number of esters is 1. The normalized spacial score (nSPS) is 10.4. The molecule has 0 radical (unpaired) electrons. The average molecular weight is 394 g/mol. The van der Waals surface area contributed by atoms with Crippen molar-refractivity contribution in [3.63, 3.8) is 0 Å². The van der Waals surface area contributed by atoms with Crippen molar-refractivity contribution in [2.24, 2.45) is 5.73 Å². The Kier molecular flexibility index (Phi) is 6.64. The van der Waals surface area contributed by atoms with E-state index in [0.29, 0.717) is 10.6 Å². The van der Waals surface area contributed by atoms with Gasteiger partial charge in [0.05, 0.1) is 12.0 Å². The van der Waals surface area contributed by atoms with E-state index in [1.54, 1.807) is 11.4 Å². The second-order valence-electron chi connectivity index (χ2n) is 5.49. The first kappa shape index (κ1) is 19.8. The predicted octanol–water partition coefficient (Wildman–Crippen LogP) is 2.67. The molecule has 0 saturated heterocycles. The summed E-state index contributed by atoms with van der Waals surface area (Å²) in [6, 6.07) is 3.30. The Bertz CT molecular complexity index is 853. The fourth-order valence-corrected chi connectivity index (χ4v) is 3.99. The summed E-state index contributed by atoms with van der Waals surface area (Å²) >= 11 is 2.67. The highest BCUT2D eigenvalue weighted by Gasteiger charge is 2.16. The van der Waals surface area contributed by atoms with Gasteiger partial charge in [-0.15, -0.1) is 22.7 Å². The van der Waals surface area contributed by atoms with E-state index in [9.17, 15) is 19.2 Å². The summed E-state index contributed by atoms with van der Waals surface area (Å²) in [5, 5.41) is 4.38. The Hall–Kier alpha value is -2.52. The van der Waals surface area contributed by atoms with Crippen LogP contribution in [0.2, 0.25) is 0 Å². The zero-order valence-corrected chi connectivity index (χ0v) is 15.9. The number of aryl methyl sites for hydroxylation is 2. The highest BCUT2D eigenvalue weighted by Crippen LogP contribution is 2.23. The van der Waals surface area contributed by atoms with Crippen LogP contribution in [0.4, 0.5) is 5.00 Å². The number of rotatable bonds is 8. The third-order valence-electron chi connectivity index (χ3n) is 3.45. The molecular weight excluding hydrogens is 376 g/mol. The Labute approximate surface area is 158 Å². The molecule has 2 aromatic heterocycles. The molecule has 9 heteroatoms. The molecule has 2 amide bonds. The monoisotopic (exact) mass is 394 g/mol. The van der Waals surface area contributed by atoms with Gasteiger partial charge >= 0.3 is 5.97 Å². The van der Waals surface area contributed by atoms with Gasteiger partial charge in [0, 0.05) is 21.7 Å². The molecule has 0 aliphatic carbocycles. The van der Waals surface area contributed by atoms with Crippen molar-refractivity contribution in [3.05, 3.63) is 38.4 Å². The van der Waals surface area contributed by atoms with Gasteiger partial charge in [0.25, 0.3) is 11.8 Å². The molecule has 26 heavy (non-hydrogen) atoms. The number of hydrogen-bond donors (Lipinski definition) is 2. The van der Waals surface area contributed by atoms with Crippen LogP contribution in [-0.4, -0.2) is 30.2 Å². The maximum atomic E-state index is 12.1. The molecule has 0 atom stereocenters. The van der Waals surface area contributed by atoms with Crippen molar-refractivity contribution in [2.45, 2.75) is 26.7 Å². The van der Waals surface area contributed by atoms with Gasteiger partial charge < -0.3 is 15.8 Å². The van der Waals surface area contributed by atoms with Crippen LogP contribution < -0.4 is 11.1 Å². The Morgan fingerprint density at radius 3 is 2.50 bits per heavy atom. The number of thiophene rings is 2. The minimum Gasteiger partial charge on any atom is -0.456 e. The molecule has 7 nitrogen and oxygen atoms in total. The first-order valence-electron chi connectivity index (χ1n) is 7.71. The molecule has 2 heterocycles. The van der Waals surface area contributed by atoms with Gasteiger partial charge in [0.15, 0.2) is 12.4 Å². The van der Waals surface area contributed by atoms with E-state index in [0.717, 1.165) is 21.1 Å². The van der Waals surface area contributed by atoms with Gasteiger partial charge in [0.1, 0.15) is 5.00 Å². The van der Waals surface area contributed by atoms with E-state index in [1.807, 2.05) is 13.8 Å². The van der Waals surface area contributed by atoms with Crippen LogP contribution >= 0.6 is 22.7 Å². The molecule has 0 spiro atoms. The summed E-state index contributed by atoms with van der Waals surface area (Å²) in [4.78, 5) is 48.8. The van der Waals surface area contributed by atoms with Gasteiger partial charge in [-0.25, -0.2) is 0 Å². The lowest BCUT2D eigenvalue weighted by Gasteiger charge is -2.06. The Morgan fingerprint density at radius 2 is 1.88 bits per heavy atom. The summed E-state index contributed by atoms with van der Waals surface area (Å²) in [6.07, 6.45) is -0.0831. The molecule has 0 bridgehead atoms. The number of Topliss-reactive ketones (excluding diaryl/α,β-unsaturated/α-hetero) is 1. The molecular formula is C17H18N2O5S2. The van der Waals surface area contributed by atoms with Crippen molar-refractivity contribution < 1.29 is 23.9 Å². The fourth-order valence-electron chi connectivity index (χ4n) is 2.24. The molecule has 0 saturated carbocycles. The van der Waals surface area contributed by atoms with Crippen LogP contribution in [-0.2, 0) is 14.3 Å². The lowest BCUT2D eigenvalue weighted by Crippen LogP contribution is -2.22. The number of anilines is 1. The lowest BCUT2D eigenvalue weighted by atomic mass is 10.1. The van der Waals surface area contributed by atoms with Crippen LogP contribution in [0.15, 0.2) is 17.5 Å². The number of primary amides is 1. The van der Waals surface area contributed by atoms with Crippen LogP contribution in [0.3, 0.4) is 0 Å². The van der Waals surface area contributed by atoms with Crippen LogP contribution in [0.5, 0.6) is 0 Å². The zero-order valence-electron chi connectivity index (χ0n) is 14.3. The van der Waals surface area contributed by atoms with Crippen LogP contribution in [0.1, 0.15) is 43.3 Å². The average Bonchev–Trinajstić information content (AvgIpc) is 3.16. The van der Waals surface area contributed by atoms with Crippen molar-refractivity contribution in [1.82, 2.24) is 0 Å². The largest absolute Gasteiger partial charge is 0.456 e. The van der Waals surface area contributed by atoms with Gasteiger partial charge in [-0.2, -0.15) is 0 Å². The highest BCUT2D eigenvalue weighted by molar-refractivity contribution is 7.14. The maximum absolute atomic E-state index is 12.1. The number of nitrogens with one attached hydrogen (secondary N) is 1. The molecule has 2 aromatic rings. The second-order valence-corrected chi connectivity index (χ2v) is 7.86. The van der Waals surface area contributed by atoms with E-state index in [-0.39, 0.29) is 24.2 Å². The minimum atomic E-state index is -0.656. The number of ketones is 1. The first-order chi connectivity index (χ1) is 12.3. The molecule has 3 N–H and O–H groups in total. The Morgan fingerprint density at radius 1 is 1.15 bits per heavy atom. The number of amides is 2. The van der Waals surface area contributed by atoms with E-state index in [2.05, 4.69) is 5.32 Å². The van der Waals surface area contributed by atoms with Crippen molar-refractivity contribution >= 4 is 51.2 Å². The fraction of sp³-hybridized carbons (Fsp3) is 0.294. The van der Waals surface area contributed by atoms with Crippen LogP contribution in [0.25, 0.3) is 0 Å². The van der Waals surface area contributed by atoms with Gasteiger partial charge in [0.2, 0.25) is 0 Å². The third-order valence-corrected chi connectivity index (χ3v) is 5.24. The molecule has 0 aliphatic rings. The van der Waals surface area contributed by atoms with Gasteiger partial charge in [-0.05, 0) is 31.4 Å². The number of hydrogen-bond acceptors (Lipinski definition) is 7. The predicted molar refractivity (Wildman–Crippen MR) is 99.8 cm³/mol. The van der Waals surface area contributed by atoms with E-state index in [1.165, 1.54) is 17.4 Å². The SMILES string of the molecule is Cc1cc(C(=O)CCC(=O)OCC(=O)Nc2sccc2C(N)=O)c(C)s1. The zero-order chi connectivity index (χ0) is 19.3. The van der Waals surface area contributed by atoms with Gasteiger partial charge in [-0.3, -0.25) is 19.2 Å². The van der Waals surface area contributed by atoms with E-state index in [4.69, 9.17) is 10.5 Å². The molecule has 0 fully saturated rings. The first-order valence-corrected chi connectivity index (χ1v) is 9.40. The van der Waals surface area contributed by atoms with E-state index < -0.39 is 24.4 Å². The summed E-state index contributed by atoms with van der Waals surface area (Å²) in [6.45, 7) is 3.27. The van der Waals surface area contributed by atoms with Gasteiger partial charge in [-0.1, -0.05) is 0 Å². The minimum absolute atomic E-state index is 0.0220. The van der Waals surface area contributed by atoms with Crippen molar-refractivity contribution in [3.8, 4) is 0 Å². The van der Waals surface area contributed by atoms with Crippen molar-refractivity contribution in [1.29, 1.82) is 0 Å². The molecule has 0 aliphatic heterocycles. The smallest absolute Gasteiger partial charge is 0.306 e. The van der Waals surface area contributed by atoms with Crippen molar-refractivity contribution in [2.75, 3.05) is 11.9 Å². The molecule has 138 valence electrons. The lowest BCUT2D eigenvalue weighted by molar-refractivity contribution is -0.147. The van der Waals surface area contributed by atoms with Crippen LogP contribution in [0, 0.1) is 13.8 Å². The molecule has 0 aromatic carbocycles. The molecule has 2 rings (SSSR count). The quantitative estimate of drug-likeness (QED) is 0.527. The second kappa shape index (κ2) is 8.72. The standard InChI is InChI=1S/C17H18N2O5S2/c1-9-7-12(10(2)26-9)13(20)3-4-15(22)24-8-14(21)19-17-11(16(18)23)5-6-25-17/h5-7H,3-4,8H2,1-2H3,(H2,18,23)(H,19,21). The Balaban J connectivity index is 1.77. The van der Waals surface area contributed by atoms with E-state index >= 15 is 0 Å². The number of ether oxygens (including phenoxy) is 1. The summed E-state index contributed by atoms with van der Waals surface area (Å²) in [5.41, 5.74) is 6.00.